The minimum Gasteiger partial charge on any atom is -0.461 e. The summed E-state index contributed by atoms with van der Waals surface area (Å²) in [5.41, 5.74) is 2.19. The zero-order valence-electron chi connectivity index (χ0n) is 13.5. The van der Waals surface area contributed by atoms with Crippen molar-refractivity contribution >= 4 is 16.9 Å². The topological polar surface area (TPSA) is 88.7 Å². The maximum absolute atomic E-state index is 12.3. The van der Waals surface area contributed by atoms with Gasteiger partial charge in [-0.05, 0) is 42.8 Å². The highest BCUT2D eigenvalue weighted by Crippen LogP contribution is 2.21. The Morgan fingerprint density at radius 2 is 2.24 bits per heavy atom. The van der Waals surface area contributed by atoms with Crippen molar-refractivity contribution in [3.8, 4) is 11.6 Å². The van der Waals surface area contributed by atoms with Crippen LogP contribution in [-0.4, -0.2) is 32.2 Å². The fourth-order valence-corrected chi connectivity index (χ4v) is 2.66. The molecule has 3 aromatic heterocycles. The number of aromatic amines is 1. The van der Waals surface area contributed by atoms with E-state index in [9.17, 15) is 4.79 Å². The van der Waals surface area contributed by atoms with E-state index in [1.54, 1.807) is 24.6 Å². The number of carbonyl (C=O) groups is 1. The fourth-order valence-electron chi connectivity index (χ4n) is 2.66. The molecule has 0 unspecified atom stereocenters. The Bertz CT molecular complexity index is 970. The number of hydrogen-bond donors (Lipinski definition) is 2. The summed E-state index contributed by atoms with van der Waals surface area (Å²) < 4.78 is 7.19. The maximum atomic E-state index is 12.3. The molecule has 7 nitrogen and oxygen atoms in total. The zero-order valence-corrected chi connectivity index (χ0v) is 13.5. The van der Waals surface area contributed by atoms with E-state index in [0.29, 0.717) is 23.7 Å². The lowest BCUT2D eigenvalue weighted by Crippen LogP contribution is -2.25. The molecule has 4 rings (SSSR count). The van der Waals surface area contributed by atoms with E-state index < -0.39 is 0 Å². The number of H-pyrrole nitrogens is 1. The standard InChI is InChI=1S/C18H17N5O2/c24-18(19-7-2-9-23-10-3-8-20-23)13-5-6-14-15(12-13)22-17(21-14)16-4-1-11-25-16/h1,3-6,8,10-12H,2,7,9H2,(H,19,24)(H,21,22). The predicted octanol–water partition coefficient (Wildman–Crippen LogP) is 2.84. The van der Waals surface area contributed by atoms with Gasteiger partial charge in [0.05, 0.1) is 17.3 Å². The van der Waals surface area contributed by atoms with Crippen molar-refractivity contribution in [1.82, 2.24) is 25.1 Å². The van der Waals surface area contributed by atoms with Crippen LogP contribution in [-0.2, 0) is 6.54 Å². The van der Waals surface area contributed by atoms with Crippen molar-refractivity contribution in [2.75, 3.05) is 6.54 Å². The Balaban J connectivity index is 1.41. The van der Waals surface area contributed by atoms with Gasteiger partial charge in [0.25, 0.3) is 5.91 Å². The van der Waals surface area contributed by atoms with E-state index in [1.165, 1.54) is 0 Å². The third-order valence-electron chi connectivity index (χ3n) is 3.91. The number of amides is 1. The molecular weight excluding hydrogens is 318 g/mol. The molecule has 0 atom stereocenters. The molecule has 0 aliphatic carbocycles. The summed E-state index contributed by atoms with van der Waals surface area (Å²) in [5, 5.41) is 7.06. The smallest absolute Gasteiger partial charge is 0.251 e. The summed E-state index contributed by atoms with van der Waals surface area (Å²) in [7, 11) is 0. The van der Waals surface area contributed by atoms with Crippen LogP contribution in [0, 0.1) is 0 Å². The summed E-state index contributed by atoms with van der Waals surface area (Å²) in [6, 6.07) is 10.9. The van der Waals surface area contributed by atoms with Crippen LogP contribution < -0.4 is 5.32 Å². The number of fused-ring (bicyclic) bond motifs is 1. The van der Waals surface area contributed by atoms with Crippen LogP contribution in [0.15, 0.2) is 59.5 Å². The number of benzene rings is 1. The molecule has 2 N–H and O–H groups in total. The van der Waals surface area contributed by atoms with Gasteiger partial charge in [-0.25, -0.2) is 4.98 Å². The summed E-state index contributed by atoms with van der Waals surface area (Å²) >= 11 is 0. The molecule has 1 amide bonds. The van der Waals surface area contributed by atoms with Gasteiger partial charge in [0.2, 0.25) is 0 Å². The monoisotopic (exact) mass is 335 g/mol. The van der Waals surface area contributed by atoms with Crippen LogP contribution in [0.3, 0.4) is 0 Å². The van der Waals surface area contributed by atoms with Gasteiger partial charge < -0.3 is 14.7 Å². The van der Waals surface area contributed by atoms with Crippen molar-refractivity contribution in [2.24, 2.45) is 0 Å². The van der Waals surface area contributed by atoms with Crippen molar-refractivity contribution in [2.45, 2.75) is 13.0 Å². The minimum absolute atomic E-state index is 0.100. The van der Waals surface area contributed by atoms with E-state index >= 15 is 0 Å². The van der Waals surface area contributed by atoms with E-state index in [0.717, 1.165) is 24.0 Å². The molecule has 7 heteroatoms. The first-order valence-corrected chi connectivity index (χ1v) is 8.09. The lowest BCUT2D eigenvalue weighted by molar-refractivity contribution is 0.0952. The van der Waals surface area contributed by atoms with Crippen molar-refractivity contribution in [3.63, 3.8) is 0 Å². The second kappa shape index (κ2) is 6.64. The lowest BCUT2D eigenvalue weighted by atomic mass is 10.2. The predicted molar refractivity (Wildman–Crippen MR) is 93.0 cm³/mol. The van der Waals surface area contributed by atoms with Gasteiger partial charge >= 0.3 is 0 Å². The molecule has 25 heavy (non-hydrogen) atoms. The van der Waals surface area contributed by atoms with Gasteiger partial charge in [-0.3, -0.25) is 9.48 Å². The molecular formula is C18H17N5O2. The first-order chi connectivity index (χ1) is 12.3. The third kappa shape index (κ3) is 3.30. The quantitative estimate of drug-likeness (QED) is 0.530. The van der Waals surface area contributed by atoms with Gasteiger partial charge in [-0.2, -0.15) is 5.10 Å². The molecule has 0 bridgehead atoms. The van der Waals surface area contributed by atoms with E-state index in [-0.39, 0.29) is 5.91 Å². The number of aromatic nitrogens is 4. The fraction of sp³-hybridized carbons (Fsp3) is 0.167. The molecule has 0 aliphatic rings. The summed E-state index contributed by atoms with van der Waals surface area (Å²) in [5.74, 6) is 1.22. The molecule has 0 saturated heterocycles. The number of aryl methyl sites for hydroxylation is 1. The van der Waals surface area contributed by atoms with Crippen LogP contribution in [0.25, 0.3) is 22.6 Å². The largest absolute Gasteiger partial charge is 0.461 e. The molecule has 0 saturated carbocycles. The number of furan rings is 1. The Morgan fingerprint density at radius 3 is 3.04 bits per heavy atom. The highest BCUT2D eigenvalue weighted by molar-refractivity contribution is 5.97. The average Bonchev–Trinajstić information content (AvgIpc) is 3.38. The van der Waals surface area contributed by atoms with E-state index in [4.69, 9.17) is 4.42 Å². The maximum Gasteiger partial charge on any atom is 0.251 e. The van der Waals surface area contributed by atoms with Gasteiger partial charge in [0.1, 0.15) is 0 Å². The molecule has 4 aromatic rings. The number of hydrogen-bond acceptors (Lipinski definition) is 4. The molecule has 0 spiro atoms. The van der Waals surface area contributed by atoms with Crippen LogP contribution in [0.2, 0.25) is 0 Å². The van der Waals surface area contributed by atoms with Crippen LogP contribution >= 0.6 is 0 Å². The molecule has 0 radical (unpaired) electrons. The van der Waals surface area contributed by atoms with Gasteiger partial charge in [-0.1, -0.05) is 0 Å². The Morgan fingerprint density at radius 1 is 1.28 bits per heavy atom. The Hall–Kier alpha value is -3.35. The number of carbonyl (C=O) groups excluding carboxylic acids is 1. The second-order valence-corrected chi connectivity index (χ2v) is 5.67. The Kier molecular flexibility index (Phi) is 4.04. The number of nitrogens with zero attached hydrogens (tertiary/aromatic N) is 3. The Labute approximate surface area is 143 Å². The number of nitrogens with one attached hydrogen (secondary N) is 2. The van der Waals surface area contributed by atoms with E-state index in [1.807, 2.05) is 35.1 Å². The third-order valence-corrected chi connectivity index (χ3v) is 3.91. The molecule has 0 aliphatic heterocycles. The molecule has 3 heterocycles. The minimum atomic E-state index is -0.100. The van der Waals surface area contributed by atoms with Gasteiger partial charge in [0.15, 0.2) is 11.6 Å². The number of rotatable bonds is 6. The highest BCUT2D eigenvalue weighted by atomic mass is 16.3. The normalized spacial score (nSPS) is 11.0. The highest BCUT2D eigenvalue weighted by Gasteiger charge is 2.11. The van der Waals surface area contributed by atoms with Crippen molar-refractivity contribution < 1.29 is 9.21 Å². The average molecular weight is 335 g/mol. The summed E-state index contributed by atoms with van der Waals surface area (Å²) in [4.78, 5) is 20.0. The second-order valence-electron chi connectivity index (χ2n) is 5.67. The van der Waals surface area contributed by atoms with E-state index in [2.05, 4.69) is 20.4 Å². The summed E-state index contributed by atoms with van der Waals surface area (Å²) in [6.45, 7) is 1.37. The summed E-state index contributed by atoms with van der Waals surface area (Å²) in [6.07, 6.45) is 6.08. The lowest BCUT2D eigenvalue weighted by Gasteiger charge is -2.05. The molecule has 0 fully saturated rings. The molecule has 126 valence electrons. The first-order valence-electron chi connectivity index (χ1n) is 8.09. The SMILES string of the molecule is O=C(NCCCn1cccn1)c1ccc2nc(-c3ccco3)[nH]c2c1. The van der Waals surface area contributed by atoms with Crippen molar-refractivity contribution in [1.29, 1.82) is 0 Å². The van der Waals surface area contributed by atoms with Gasteiger partial charge in [0, 0.05) is 31.0 Å². The first kappa shape index (κ1) is 15.2. The van der Waals surface area contributed by atoms with Crippen molar-refractivity contribution in [3.05, 3.63) is 60.6 Å². The number of imidazole rings is 1. The molecule has 1 aromatic carbocycles. The van der Waals surface area contributed by atoms with Gasteiger partial charge in [-0.15, -0.1) is 0 Å². The zero-order chi connectivity index (χ0) is 17.1. The van der Waals surface area contributed by atoms with Crippen LogP contribution in [0.5, 0.6) is 0 Å². The van der Waals surface area contributed by atoms with Crippen LogP contribution in [0.1, 0.15) is 16.8 Å². The van der Waals surface area contributed by atoms with Crippen LogP contribution in [0.4, 0.5) is 0 Å².